The van der Waals surface area contributed by atoms with Crippen LogP contribution in [0.4, 0.5) is 8.78 Å². The highest BCUT2D eigenvalue weighted by Gasteiger charge is 2.27. The van der Waals surface area contributed by atoms with Crippen molar-refractivity contribution in [3.05, 3.63) is 33.9 Å². The summed E-state index contributed by atoms with van der Waals surface area (Å²) < 4.78 is 28.5. The lowest BCUT2D eigenvalue weighted by atomic mass is 9.87. The molecule has 2 nitrogen and oxygen atoms in total. The molecule has 0 heterocycles. The van der Waals surface area contributed by atoms with Gasteiger partial charge in [0.15, 0.2) is 5.82 Å². The minimum Gasteiger partial charge on any atom is -0.206 e. The number of nitrogens with zero attached hydrogens (tertiary/aromatic N) is 2. The van der Waals surface area contributed by atoms with E-state index in [1.807, 2.05) is 0 Å². The summed E-state index contributed by atoms with van der Waals surface area (Å²) in [6, 6.07) is 3.32. The van der Waals surface area contributed by atoms with Crippen molar-refractivity contribution in [3.63, 3.8) is 0 Å². The zero-order chi connectivity index (χ0) is 14.0. The van der Waals surface area contributed by atoms with Gasteiger partial charge in [-0.2, -0.15) is 10.5 Å². The summed E-state index contributed by atoms with van der Waals surface area (Å²) in [6.45, 7) is 6.76. The standard InChI is InChI=1S/C14H14F2N2/c1-7(2)11-9(5-17)13(15)10(6-18)12(8(3)4)14(11)16/h7-8H,1-4H3. The summed E-state index contributed by atoms with van der Waals surface area (Å²) in [6.07, 6.45) is 0. The van der Waals surface area contributed by atoms with E-state index in [9.17, 15) is 8.78 Å². The fraction of sp³-hybridized carbons (Fsp3) is 0.429. The maximum atomic E-state index is 14.4. The van der Waals surface area contributed by atoms with Gasteiger partial charge in [-0.25, -0.2) is 8.78 Å². The molecule has 0 saturated carbocycles. The summed E-state index contributed by atoms with van der Waals surface area (Å²) in [4.78, 5) is 0. The van der Waals surface area contributed by atoms with Crippen LogP contribution in [0.2, 0.25) is 0 Å². The van der Waals surface area contributed by atoms with Crippen molar-refractivity contribution in [1.82, 2.24) is 0 Å². The Morgan fingerprint density at radius 2 is 1.11 bits per heavy atom. The molecule has 1 aromatic carbocycles. The summed E-state index contributed by atoms with van der Waals surface area (Å²) in [5.41, 5.74) is -0.609. The van der Waals surface area contributed by atoms with Gasteiger partial charge in [0.25, 0.3) is 0 Å². The first-order valence-electron chi connectivity index (χ1n) is 5.71. The van der Waals surface area contributed by atoms with Crippen LogP contribution in [0.5, 0.6) is 0 Å². The van der Waals surface area contributed by atoms with Gasteiger partial charge in [0.1, 0.15) is 18.0 Å². The van der Waals surface area contributed by atoms with Crippen molar-refractivity contribution in [1.29, 1.82) is 10.5 Å². The molecule has 18 heavy (non-hydrogen) atoms. The van der Waals surface area contributed by atoms with Crippen molar-refractivity contribution >= 4 is 0 Å². The minimum absolute atomic E-state index is 0.0534. The Morgan fingerprint density at radius 1 is 0.778 bits per heavy atom. The molecular weight excluding hydrogens is 234 g/mol. The average molecular weight is 248 g/mol. The van der Waals surface area contributed by atoms with Gasteiger partial charge in [-0.1, -0.05) is 27.7 Å². The number of hydrogen-bond acceptors (Lipinski definition) is 2. The van der Waals surface area contributed by atoms with E-state index < -0.39 is 11.6 Å². The highest BCUT2D eigenvalue weighted by Crippen LogP contribution is 2.34. The number of nitriles is 2. The topological polar surface area (TPSA) is 47.6 Å². The third-order valence-corrected chi connectivity index (χ3v) is 2.83. The van der Waals surface area contributed by atoms with Crippen molar-refractivity contribution in [2.45, 2.75) is 39.5 Å². The molecule has 0 aliphatic rings. The van der Waals surface area contributed by atoms with Crippen molar-refractivity contribution in [3.8, 4) is 12.1 Å². The molecule has 0 aliphatic carbocycles. The molecule has 0 fully saturated rings. The SMILES string of the molecule is CC(C)c1c(F)c(C(C)C)c(C#N)c(F)c1C#N. The van der Waals surface area contributed by atoms with E-state index in [-0.39, 0.29) is 34.1 Å². The Hall–Kier alpha value is -1.94. The molecule has 0 atom stereocenters. The first-order chi connectivity index (χ1) is 8.36. The van der Waals surface area contributed by atoms with E-state index in [4.69, 9.17) is 10.5 Å². The summed E-state index contributed by atoms with van der Waals surface area (Å²) in [7, 11) is 0. The lowest BCUT2D eigenvalue weighted by Crippen LogP contribution is -2.10. The fourth-order valence-corrected chi connectivity index (χ4v) is 2.03. The second-order valence-corrected chi connectivity index (χ2v) is 4.74. The van der Waals surface area contributed by atoms with Crippen molar-refractivity contribution in [2.75, 3.05) is 0 Å². The average Bonchev–Trinajstić information content (AvgIpc) is 2.29. The van der Waals surface area contributed by atoms with E-state index in [2.05, 4.69) is 0 Å². The lowest BCUT2D eigenvalue weighted by molar-refractivity contribution is 0.546. The maximum Gasteiger partial charge on any atom is 0.159 e. The van der Waals surface area contributed by atoms with Gasteiger partial charge < -0.3 is 0 Å². The molecule has 0 aliphatic heterocycles. The first kappa shape index (κ1) is 14.1. The van der Waals surface area contributed by atoms with E-state index in [1.54, 1.807) is 39.8 Å². The molecule has 1 rings (SSSR count). The third kappa shape index (κ3) is 2.07. The van der Waals surface area contributed by atoms with Gasteiger partial charge in [0.05, 0.1) is 11.1 Å². The molecule has 1 aromatic rings. The van der Waals surface area contributed by atoms with Gasteiger partial charge in [-0.05, 0) is 11.8 Å². The molecule has 0 bridgehead atoms. The first-order valence-corrected chi connectivity index (χ1v) is 5.71. The molecular formula is C14H14F2N2. The molecule has 0 saturated heterocycles. The van der Waals surface area contributed by atoms with E-state index in [1.165, 1.54) is 0 Å². The van der Waals surface area contributed by atoms with Crippen molar-refractivity contribution < 1.29 is 8.78 Å². The Labute approximate surface area is 105 Å². The molecule has 0 amide bonds. The predicted octanol–water partition coefficient (Wildman–Crippen LogP) is 3.95. The Balaban J connectivity index is 3.89. The summed E-state index contributed by atoms with van der Waals surface area (Å²) in [5.74, 6) is -2.18. The summed E-state index contributed by atoms with van der Waals surface area (Å²) in [5, 5.41) is 17.9. The van der Waals surface area contributed by atoms with Crippen LogP contribution in [-0.2, 0) is 0 Å². The van der Waals surface area contributed by atoms with Crippen LogP contribution in [0, 0.1) is 34.3 Å². The van der Waals surface area contributed by atoms with Crippen LogP contribution in [-0.4, -0.2) is 0 Å². The lowest BCUT2D eigenvalue weighted by Gasteiger charge is -2.17. The fourth-order valence-electron chi connectivity index (χ4n) is 2.03. The normalized spacial score (nSPS) is 10.6. The van der Waals surface area contributed by atoms with E-state index >= 15 is 0 Å². The Kier molecular flexibility index (Phi) is 4.03. The van der Waals surface area contributed by atoms with E-state index in [0.29, 0.717) is 0 Å². The maximum absolute atomic E-state index is 14.4. The molecule has 0 unspecified atom stereocenters. The molecule has 94 valence electrons. The molecule has 0 spiro atoms. The van der Waals surface area contributed by atoms with Crippen LogP contribution in [0.1, 0.15) is 61.8 Å². The number of rotatable bonds is 2. The zero-order valence-electron chi connectivity index (χ0n) is 10.8. The number of hydrogen-bond donors (Lipinski definition) is 0. The van der Waals surface area contributed by atoms with Gasteiger partial charge in [0, 0.05) is 11.1 Å². The highest BCUT2D eigenvalue weighted by atomic mass is 19.1. The second-order valence-electron chi connectivity index (χ2n) is 4.74. The smallest absolute Gasteiger partial charge is 0.159 e. The zero-order valence-corrected chi connectivity index (χ0v) is 10.8. The molecule has 0 radical (unpaired) electrons. The number of halogens is 2. The van der Waals surface area contributed by atoms with Gasteiger partial charge in [0.2, 0.25) is 0 Å². The predicted molar refractivity (Wildman–Crippen MR) is 64.0 cm³/mol. The molecule has 4 heteroatoms. The number of benzene rings is 1. The van der Waals surface area contributed by atoms with Crippen LogP contribution >= 0.6 is 0 Å². The minimum atomic E-state index is -0.909. The largest absolute Gasteiger partial charge is 0.206 e. The monoisotopic (exact) mass is 248 g/mol. The van der Waals surface area contributed by atoms with Crippen molar-refractivity contribution in [2.24, 2.45) is 0 Å². The van der Waals surface area contributed by atoms with Gasteiger partial charge in [-0.3, -0.25) is 0 Å². The van der Waals surface area contributed by atoms with Gasteiger partial charge >= 0.3 is 0 Å². The van der Waals surface area contributed by atoms with Crippen LogP contribution in [0.15, 0.2) is 0 Å². The Morgan fingerprint density at radius 3 is 1.33 bits per heavy atom. The molecule has 0 N–H and O–H groups in total. The highest BCUT2D eigenvalue weighted by molar-refractivity contribution is 5.53. The Bertz CT molecular complexity index is 514. The van der Waals surface area contributed by atoms with Crippen LogP contribution in [0.25, 0.3) is 0 Å². The van der Waals surface area contributed by atoms with Crippen LogP contribution in [0.3, 0.4) is 0 Å². The van der Waals surface area contributed by atoms with Gasteiger partial charge in [-0.15, -0.1) is 0 Å². The quantitative estimate of drug-likeness (QED) is 0.795. The third-order valence-electron chi connectivity index (χ3n) is 2.83. The van der Waals surface area contributed by atoms with Crippen LogP contribution < -0.4 is 0 Å². The molecule has 0 aromatic heterocycles. The van der Waals surface area contributed by atoms with E-state index in [0.717, 1.165) is 0 Å². The summed E-state index contributed by atoms with van der Waals surface area (Å²) >= 11 is 0. The second kappa shape index (κ2) is 5.14.